The summed E-state index contributed by atoms with van der Waals surface area (Å²) in [5.74, 6) is 1.07. The van der Waals surface area contributed by atoms with Crippen LogP contribution in [-0.2, 0) is 16.0 Å². The minimum atomic E-state index is -2.91. The van der Waals surface area contributed by atoms with Gasteiger partial charge in [0.15, 0.2) is 0 Å². The fourth-order valence-electron chi connectivity index (χ4n) is 4.38. The SMILES string of the molecule is CCn1nc(-c2cccc(C(C)(C)NCCN3CCCC3)c2)cc1Oc1ccc(C(F)(F)I)cc1. The summed E-state index contributed by atoms with van der Waals surface area (Å²) in [5, 5.41) is 8.44. The van der Waals surface area contributed by atoms with Crippen LogP contribution in [0.25, 0.3) is 11.3 Å². The molecule has 2 heterocycles. The predicted octanol–water partition coefficient (Wildman–Crippen LogP) is 6.77. The van der Waals surface area contributed by atoms with E-state index in [-0.39, 0.29) is 11.1 Å². The maximum absolute atomic E-state index is 13.5. The fraction of sp³-hybridized carbons (Fsp3) is 0.444. The molecule has 1 aromatic heterocycles. The van der Waals surface area contributed by atoms with Crippen molar-refractivity contribution >= 4 is 22.6 Å². The largest absolute Gasteiger partial charge is 0.439 e. The molecule has 2 aromatic carbocycles. The van der Waals surface area contributed by atoms with Crippen molar-refractivity contribution in [3.63, 3.8) is 0 Å². The predicted molar refractivity (Wildman–Crippen MR) is 144 cm³/mol. The lowest BCUT2D eigenvalue weighted by molar-refractivity contribution is 0.127. The molecular formula is C27H33F2IN4O. The van der Waals surface area contributed by atoms with Gasteiger partial charge in [-0.2, -0.15) is 13.9 Å². The highest BCUT2D eigenvalue weighted by Gasteiger charge is 2.26. The van der Waals surface area contributed by atoms with Gasteiger partial charge in [0, 0.05) is 65.0 Å². The van der Waals surface area contributed by atoms with E-state index in [4.69, 9.17) is 9.84 Å². The molecule has 0 aliphatic carbocycles. The highest BCUT2D eigenvalue weighted by atomic mass is 127. The number of rotatable bonds is 10. The Balaban J connectivity index is 1.48. The summed E-state index contributed by atoms with van der Waals surface area (Å²) in [5.41, 5.74) is 2.79. The minimum absolute atomic E-state index is 0.0522. The first kappa shape index (κ1) is 26.0. The van der Waals surface area contributed by atoms with Crippen molar-refractivity contribution in [2.45, 2.75) is 49.6 Å². The molecule has 1 fully saturated rings. The van der Waals surface area contributed by atoms with Crippen molar-refractivity contribution < 1.29 is 13.5 Å². The van der Waals surface area contributed by atoms with Crippen LogP contribution in [-0.4, -0.2) is 40.9 Å². The third-order valence-electron chi connectivity index (χ3n) is 6.52. The Bertz CT molecular complexity index is 1120. The van der Waals surface area contributed by atoms with Crippen molar-refractivity contribution in [3.8, 4) is 22.9 Å². The molecule has 188 valence electrons. The number of nitrogens with zero attached hydrogens (tertiary/aromatic N) is 3. The number of nitrogens with one attached hydrogen (secondary N) is 1. The maximum Gasteiger partial charge on any atom is 0.321 e. The normalized spacial score (nSPS) is 15.0. The molecule has 0 amide bonds. The smallest absolute Gasteiger partial charge is 0.321 e. The molecule has 0 unspecified atom stereocenters. The van der Waals surface area contributed by atoms with Gasteiger partial charge < -0.3 is 15.0 Å². The van der Waals surface area contributed by atoms with Crippen LogP contribution in [0.5, 0.6) is 11.6 Å². The third kappa shape index (κ3) is 6.59. The number of hydrogen-bond acceptors (Lipinski definition) is 4. The van der Waals surface area contributed by atoms with Crippen LogP contribution in [0.15, 0.2) is 54.6 Å². The van der Waals surface area contributed by atoms with Crippen LogP contribution in [0.3, 0.4) is 0 Å². The van der Waals surface area contributed by atoms with Gasteiger partial charge in [-0.05, 0) is 82.6 Å². The summed E-state index contributed by atoms with van der Waals surface area (Å²) in [6.45, 7) is 11.5. The van der Waals surface area contributed by atoms with E-state index in [0.717, 1.165) is 46.9 Å². The molecule has 1 aliphatic heterocycles. The molecular weight excluding hydrogens is 561 g/mol. The van der Waals surface area contributed by atoms with Gasteiger partial charge in [0.05, 0.1) is 5.69 Å². The van der Waals surface area contributed by atoms with E-state index in [1.54, 1.807) is 16.8 Å². The Morgan fingerprint density at radius 3 is 2.40 bits per heavy atom. The number of halogens is 3. The highest BCUT2D eigenvalue weighted by Crippen LogP contribution is 2.36. The Labute approximate surface area is 220 Å². The Morgan fingerprint density at radius 2 is 1.74 bits per heavy atom. The second-order valence-corrected chi connectivity index (χ2v) is 10.8. The van der Waals surface area contributed by atoms with Crippen molar-refractivity contribution in [3.05, 3.63) is 65.7 Å². The third-order valence-corrected chi connectivity index (χ3v) is 7.14. The average Bonchev–Trinajstić information content (AvgIpc) is 3.49. The lowest BCUT2D eigenvalue weighted by Crippen LogP contribution is -2.41. The van der Waals surface area contributed by atoms with Gasteiger partial charge >= 0.3 is 3.93 Å². The summed E-state index contributed by atoms with van der Waals surface area (Å²) >= 11 is 1.13. The molecule has 5 nitrogen and oxygen atoms in total. The number of likely N-dealkylation sites (tertiary alicyclic amines) is 1. The monoisotopic (exact) mass is 594 g/mol. The van der Waals surface area contributed by atoms with Gasteiger partial charge in [-0.3, -0.25) is 0 Å². The van der Waals surface area contributed by atoms with E-state index >= 15 is 0 Å². The van der Waals surface area contributed by atoms with E-state index in [2.05, 4.69) is 42.3 Å². The van der Waals surface area contributed by atoms with E-state index < -0.39 is 3.93 Å². The van der Waals surface area contributed by atoms with Gasteiger partial charge in [-0.15, -0.1) is 0 Å². The molecule has 8 heteroatoms. The molecule has 1 N–H and O–H groups in total. The first-order chi connectivity index (χ1) is 16.7. The number of benzene rings is 2. The van der Waals surface area contributed by atoms with E-state index in [1.165, 1.54) is 43.6 Å². The van der Waals surface area contributed by atoms with Crippen LogP contribution >= 0.6 is 22.6 Å². The highest BCUT2D eigenvalue weighted by molar-refractivity contribution is 14.1. The van der Waals surface area contributed by atoms with E-state index in [9.17, 15) is 8.78 Å². The van der Waals surface area contributed by atoms with Crippen molar-refractivity contribution in [1.82, 2.24) is 20.0 Å². The van der Waals surface area contributed by atoms with Crippen LogP contribution in [0.2, 0.25) is 0 Å². The number of hydrogen-bond donors (Lipinski definition) is 1. The summed E-state index contributed by atoms with van der Waals surface area (Å²) in [6.07, 6.45) is 2.61. The van der Waals surface area contributed by atoms with Crippen molar-refractivity contribution in [2.24, 2.45) is 0 Å². The molecule has 0 saturated carbocycles. The molecule has 1 saturated heterocycles. The van der Waals surface area contributed by atoms with Crippen molar-refractivity contribution in [1.29, 1.82) is 0 Å². The average molecular weight is 594 g/mol. The zero-order valence-corrected chi connectivity index (χ0v) is 22.7. The summed E-state index contributed by atoms with van der Waals surface area (Å²) < 4.78 is 31.9. The van der Waals surface area contributed by atoms with E-state index in [0.29, 0.717) is 18.2 Å². The summed E-state index contributed by atoms with van der Waals surface area (Å²) in [4.78, 5) is 2.51. The number of alkyl halides is 3. The topological polar surface area (TPSA) is 42.3 Å². The number of ether oxygens (including phenoxy) is 1. The van der Waals surface area contributed by atoms with Gasteiger partial charge in [-0.25, -0.2) is 4.68 Å². The lowest BCUT2D eigenvalue weighted by atomic mass is 9.92. The van der Waals surface area contributed by atoms with Gasteiger partial charge in [-0.1, -0.05) is 18.2 Å². The molecule has 0 radical (unpaired) electrons. The standard InChI is InChI=1S/C27H33F2IN4O/c1-4-34-25(35-23-12-10-21(11-13-23)27(28,29)30)19-24(32-34)20-8-7-9-22(18-20)26(2,3)31-14-17-33-15-5-6-16-33/h7-13,18-19,31H,4-6,14-17H2,1-3H3. The van der Waals surface area contributed by atoms with Crippen LogP contribution < -0.4 is 10.1 Å². The second kappa shape index (κ2) is 10.9. The first-order valence-electron chi connectivity index (χ1n) is 12.2. The quantitative estimate of drug-likeness (QED) is 0.208. The zero-order valence-electron chi connectivity index (χ0n) is 20.5. The summed E-state index contributed by atoms with van der Waals surface area (Å²) in [6, 6.07) is 16.2. The molecule has 35 heavy (non-hydrogen) atoms. The Morgan fingerprint density at radius 1 is 1.03 bits per heavy atom. The van der Waals surface area contributed by atoms with Gasteiger partial charge in [0.2, 0.25) is 5.88 Å². The Kier molecular flexibility index (Phi) is 8.12. The number of aryl methyl sites for hydroxylation is 1. The van der Waals surface area contributed by atoms with Crippen LogP contribution in [0.4, 0.5) is 8.78 Å². The molecule has 0 spiro atoms. The fourth-order valence-corrected chi connectivity index (χ4v) is 4.74. The van der Waals surface area contributed by atoms with E-state index in [1.807, 2.05) is 19.1 Å². The first-order valence-corrected chi connectivity index (χ1v) is 13.2. The Hall–Kier alpha value is -2.04. The molecule has 3 aromatic rings. The number of aromatic nitrogens is 2. The lowest BCUT2D eigenvalue weighted by Gasteiger charge is -2.28. The molecule has 4 rings (SSSR count). The van der Waals surface area contributed by atoms with Crippen LogP contribution in [0, 0.1) is 0 Å². The minimum Gasteiger partial charge on any atom is -0.439 e. The summed E-state index contributed by atoms with van der Waals surface area (Å²) in [7, 11) is 0. The van der Waals surface area contributed by atoms with Crippen molar-refractivity contribution in [2.75, 3.05) is 26.2 Å². The van der Waals surface area contributed by atoms with Crippen LogP contribution in [0.1, 0.15) is 44.7 Å². The maximum atomic E-state index is 13.5. The van der Waals surface area contributed by atoms with Gasteiger partial charge in [0.1, 0.15) is 5.75 Å². The van der Waals surface area contributed by atoms with Gasteiger partial charge in [0.25, 0.3) is 0 Å². The molecule has 0 atom stereocenters. The molecule has 1 aliphatic rings. The molecule has 0 bridgehead atoms. The zero-order chi connectivity index (χ0) is 25.1. The second-order valence-electron chi connectivity index (χ2n) is 9.49.